The first kappa shape index (κ1) is 19.8. The molecular weight excluding hydrogens is 328 g/mol. The molecule has 0 aliphatic carbocycles. The van der Waals surface area contributed by atoms with Crippen LogP contribution in [0.5, 0.6) is 0 Å². The summed E-state index contributed by atoms with van der Waals surface area (Å²) in [5.74, 6) is 0.413. The lowest BCUT2D eigenvalue weighted by molar-refractivity contribution is 0.0947. The fraction of sp³-hybridized carbons (Fsp3) is 0.474. The van der Waals surface area contributed by atoms with E-state index in [4.69, 9.17) is 0 Å². The molecule has 0 atom stereocenters. The minimum absolute atomic E-state index is 0.155. The van der Waals surface area contributed by atoms with Gasteiger partial charge >= 0.3 is 0 Å². The van der Waals surface area contributed by atoms with Gasteiger partial charge in [0, 0.05) is 38.2 Å². The number of hydrogen-bond donors (Lipinski definition) is 1. The van der Waals surface area contributed by atoms with E-state index in [1.807, 2.05) is 45.1 Å². The Bertz CT molecular complexity index is 704. The molecule has 0 fully saturated rings. The van der Waals surface area contributed by atoms with E-state index in [-0.39, 0.29) is 5.91 Å². The minimum Gasteiger partial charge on any atom is -0.351 e. The number of nitrogens with zero attached hydrogens (tertiary/aromatic N) is 5. The lowest BCUT2D eigenvalue weighted by Crippen LogP contribution is -2.29. The van der Waals surface area contributed by atoms with Gasteiger partial charge in [0.05, 0.1) is 0 Å². The molecule has 26 heavy (non-hydrogen) atoms. The molecule has 0 aromatic carbocycles. The summed E-state index contributed by atoms with van der Waals surface area (Å²) in [6.45, 7) is 4.21. The first-order chi connectivity index (χ1) is 12.5. The van der Waals surface area contributed by atoms with Gasteiger partial charge in [0.1, 0.15) is 5.69 Å². The summed E-state index contributed by atoms with van der Waals surface area (Å²) in [7, 11) is 5.97. The molecule has 0 unspecified atom stereocenters. The predicted octanol–water partition coefficient (Wildman–Crippen LogP) is 1.54. The van der Waals surface area contributed by atoms with Gasteiger partial charge in [-0.1, -0.05) is 0 Å². The number of carbonyl (C=O) groups is 1. The quantitative estimate of drug-likeness (QED) is 0.687. The number of amides is 1. The van der Waals surface area contributed by atoms with Crippen LogP contribution in [0.3, 0.4) is 0 Å². The monoisotopic (exact) mass is 356 g/mol. The molecule has 2 rings (SSSR count). The van der Waals surface area contributed by atoms with Crippen molar-refractivity contribution in [1.29, 1.82) is 0 Å². The maximum absolute atomic E-state index is 12.4. The van der Waals surface area contributed by atoms with Crippen molar-refractivity contribution in [3.63, 3.8) is 0 Å². The van der Waals surface area contributed by atoms with Crippen LogP contribution < -0.4 is 10.2 Å². The van der Waals surface area contributed by atoms with Crippen molar-refractivity contribution in [3.8, 4) is 0 Å². The summed E-state index contributed by atoms with van der Waals surface area (Å²) in [4.78, 5) is 29.3. The van der Waals surface area contributed by atoms with Gasteiger partial charge in [0.2, 0.25) is 5.95 Å². The number of anilines is 1. The van der Waals surface area contributed by atoms with Crippen molar-refractivity contribution in [2.45, 2.75) is 19.8 Å². The van der Waals surface area contributed by atoms with Crippen LogP contribution in [0.15, 0.2) is 30.6 Å². The molecule has 2 aromatic heterocycles. The second kappa shape index (κ2) is 9.82. The molecule has 0 bridgehead atoms. The Hall–Kier alpha value is -2.54. The van der Waals surface area contributed by atoms with Crippen LogP contribution in [0, 0.1) is 6.92 Å². The fourth-order valence-corrected chi connectivity index (χ4v) is 2.47. The van der Waals surface area contributed by atoms with E-state index < -0.39 is 0 Å². The molecule has 0 aliphatic heterocycles. The zero-order valence-corrected chi connectivity index (χ0v) is 16.1. The molecule has 0 saturated carbocycles. The largest absolute Gasteiger partial charge is 0.351 e. The molecular formula is C19H28N6O. The second-order valence-electron chi connectivity index (χ2n) is 6.63. The van der Waals surface area contributed by atoms with Gasteiger partial charge < -0.3 is 15.1 Å². The number of carbonyl (C=O) groups excluding carboxylic acids is 1. The van der Waals surface area contributed by atoms with E-state index in [1.165, 1.54) is 5.56 Å². The number of aromatic nitrogens is 3. The van der Waals surface area contributed by atoms with Crippen LogP contribution in [-0.2, 0) is 6.42 Å². The highest BCUT2D eigenvalue weighted by atomic mass is 16.1. The maximum atomic E-state index is 12.4. The maximum Gasteiger partial charge on any atom is 0.270 e. The zero-order valence-electron chi connectivity index (χ0n) is 16.1. The highest BCUT2D eigenvalue weighted by molar-refractivity contribution is 5.92. The van der Waals surface area contributed by atoms with Gasteiger partial charge in [-0.25, -0.2) is 9.97 Å². The number of likely N-dealkylation sites (N-methyl/N-ethyl adjacent to an activating group) is 1. The first-order valence-electron chi connectivity index (χ1n) is 8.84. The Labute approximate surface area is 155 Å². The molecule has 2 heterocycles. The van der Waals surface area contributed by atoms with Gasteiger partial charge in [0.15, 0.2) is 0 Å². The average Bonchev–Trinajstić information content (AvgIpc) is 2.63. The summed E-state index contributed by atoms with van der Waals surface area (Å²) in [6.07, 6.45) is 5.35. The SMILES string of the molecule is Cc1cc(C(=O)NCCCN(C)C)nc(N(C)CCc2ccncc2)n1. The Balaban J connectivity index is 1.95. The number of rotatable bonds is 9. The van der Waals surface area contributed by atoms with E-state index in [0.717, 1.165) is 31.6 Å². The van der Waals surface area contributed by atoms with Crippen LogP contribution in [0.4, 0.5) is 5.95 Å². The Morgan fingerprint density at radius 3 is 2.54 bits per heavy atom. The molecule has 0 spiro atoms. The van der Waals surface area contributed by atoms with Crippen LogP contribution in [-0.4, -0.2) is 66.5 Å². The fourth-order valence-electron chi connectivity index (χ4n) is 2.47. The Morgan fingerprint density at radius 2 is 1.85 bits per heavy atom. The van der Waals surface area contributed by atoms with Crippen molar-refractivity contribution >= 4 is 11.9 Å². The van der Waals surface area contributed by atoms with Crippen molar-refractivity contribution < 1.29 is 4.79 Å². The second-order valence-corrected chi connectivity index (χ2v) is 6.63. The Kier molecular flexibility index (Phi) is 7.47. The van der Waals surface area contributed by atoms with Gasteiger partial charge in [-0.05, 0) is 64.2 Å². The van der Waals surface area contributed by atoms with E-state index in [2.05, 4.69) is 25.2 Å². The van der Waals surface area contributed by atoms with Crippen molar-refractivity contribution in [1.82, 2.24) is 25.2 Å². The lowest BCUT2D eigenvalue weighted by Gasteiger charge is -2.18. The number of aryl methyl sites for hydroxylation is 1. The van der Waals surface area contributed by atoms with Gasteiger partial charge in [-0.15, -0.1) is 0 Å². The molecule has 1 N–H and O–H groups in total. The average molecular weight is 356 g/mol. The van der Waals surface area contributed by atoms with Gasteiger partial charge in [0.25, 0.3) is 5.91 Å². The normalized spacial score (nSPS) is 10.8. The molecule has 0 aliphatic rings. The standard InChI is InChI=1S/C19H28N6O/c1-15-14-17(18(26)21-9-5-12-24(2)3)23-19(22-15)25(4)13-8-16-6-10-20-11-7-16/h6-7,10-11,14H,5,8-9,12-13H2,1-4H3,(H,21,26). The predicted molar refractivity (Wildman–Crippen MR) is 103 cm³/mol. The number of hydrogen-bond acceptors (Lipinski definition) is 6. The smallest absolute Gasteiger partial charge is 0.270 e. The van der Waals surface area contributed by atoms with E-state index in [9.17, 15) is 4.79 Å². The molecule has 0 saturated heterocycles. The zero-order chi connectivity index (χ0) is 18.9. The van der Waals surface area contributed by atoms with Crippen LogP contribution in [0.25, 0.3) is 0 Å². The molecule has 7 nitrogen and oxygen atoms in total. The van der Waals surface area contributed by atoms with Crippen LogP contribution >= 0.6 is 0 Å². The van der Waals surface area contributed by atoms with Crippen molar-refractivity contribution in [2.75, 3.05) is 45.7 Å². The number of nitrogens with one attached hydrogen (secondary N) is 1. The van der Waals surface area contributed by atoms with Gasteiger partial charge in [-0.3, -0.25) is 9.78 Å². The van der Waals surface area contributed by atoms with Gasteiger partial charge in [-0.2, -0.15) is 0 Å². The summed E-state index contributed by atoms with van der Waals surface area (Å²) in [5, 5.41) is 2.92. The topological polar surface area (TPSA) is 74.2 Å². The summed E-state index contributed by atoms with van der Waals surface area (Å²) in [5.41, 5.74) is 2.40. The van der Waals surface area contributed by atoms with E-state index in [1.54, 1.807) is 18.5 Å². The highest BCUT2D eigenvalue weighted by Gasteiger charge is 2.13. The summed E-state index contributed by atoms with van der Waals surface area (Å²) < 4.78 is 0. The Morgan fingerprint density at radius 1 is 1.12 bits per heavy atom. The third kappa shape index (κ3) is 6.40. The molecule has 7 heteroatoms. The highest BCUT2D eigenvalue weighted by Crippen LogP contribution is 2.10. The van der Waals surface area contributed by atoms with Crippen molar-refractivity contribution in [2.24, 2.45) is 0 Å². The van der Waals surface area contributed by atoms with Crippen molar-refractivity contribution in [3.05, 3.63) is 47.5 Å². The number of pyridine rings is 1. The van der Waals surface area contributed by atoms with E-state index in [0.29, 0.717) is 18.2 Å². The lowest BCUT2D eigenvalue weighted by atomic mass is 10.2. The molecule has 0 radical (unpaired) electrons. The molecule has 140 valence electrons. The first-order valence-corrected chi connectivity index (χ1v) is 8.84. The minimum atomic E-state index is -0.155. The molecule has 1 amide bonds. The van der Waals surface area contributed by atoms with E-state index >= 15 is 0 Å². The third-order valence-electron chi connectivity index (χ3n) is 3.97. The third-order valence-corrected chi connectivity index (χ3v) is 3.97. The summed E-state index contributed by atoms with van der Waals surface area (Å²) in [6, 6.07) is 5.72. The summed E-state index contributed by atoms with van der Waals surface area (Å²) >= 11 is 0. The van der Waals surface area contributed by atoms with Crippen LogP contribution in [0.1, 0.15) is 28.2 Å². The molecule has 2 aromatic rings. The van der Waals surface area contributed by atoms with Crippen LogP contribution in [0.2, 0.25) is 0 Å².